The van der Waals surface area contributed by atoms with Gasteiger partial charge in [-0.05, 0) is 42.3 Å². The maximum atomic E-state index is 13.6. The first kappa shape index (κ1) is 24.4. The zero-order chi connectivity index (χ0) is 27.4. The number of Topliss-reactive ketones (excluding diaryl/α,β-unsaturated/α-hetero) is 1. The van der Waals surface area contributed by atoms with Gasteiger partial charge in [0.1, 0.15) is 17.9 Å². The quantitative estimate of drug-likeness (QED) is 0.226. The number of aryl methyl sites for hydroxylation is 1. The van der Waals surface area contributed by atoms with Crippen LogP contribution in [-0.2, 0) is 0 Å². The molecule has 7 rings (SSSR count). The zero-order valence-electron chi connectivity index (χ0n) is 22.0. The number of anilines is 1. The Morgan fingerprint density at radius 3 is 2.70 bits per heavy atom. The van der Waals surface area contributed by atoms with E-state index in [2.05, 4.69) is 40.5 Å². The molecule has 1 aromatic carbocycles. The van der Waals surface area contributed by atoms with Crippen LogP contribution in [0.1, 0.15) is 29.0 Å². The molecule has 0 bridgehead atoms. The van der Waals surface area contributed by atoms with Gasteiger partial charge in [-0.1, -0.05) is 23.3 Å². The number of fused-ring (bicyclic) bond motifs is 1. The minimum Gasteiger partial charge on any atom is -0.494 e. The van der Waals surface area contributed by atoms with E-state index in [1.54, 1.807) is 30.3 Å². The van der Waals surface area contributed by atoms with E-state index in [0.717, 1.165) is 25.1 Å². The highest BCUT2D eigenvalue weighted by atomic mass is 16.5. The van der Waals surface area contributed by atoms with Gasteiger partial charge < -0.3 is 19.7 Å². The van der Waals surface area contributed by atoms with Crippen molar-refractivity contribution in [3.8, 4) is 17.3 Å². The van der Waals surface area contributed by atoms with Crippen LogP contribution in [0.25, 0.3) is 22.4 Å². The number of rotatable bonds is 7. The SMILES string of the molecule is COc1cnc(-n2cnc(C)n2)c2[nH]cc(C(=O)C(O)N3CCC4(CC3)CN4c3nnnn3-c3ccccc3)c12. The van der Waals surface area contributed by atoms with Crippen LogP contribution < -0.4 is 9.64 Å². The topological polar surface area (TPSA) is 156 Å². The maximum absolute atomic E-state index is 13.6. The summed E-state index contributed by atoms with van der Waals surface area (Å²) in [4.78, 5) is 29.4. The predicted octanol–water partition coefficient (Wildman–Crippen LogP) is 1.29. The van der Waals surface area contributed by atoms with Crippen LogP contribution in [0.5, 0.6) is 5.75 Å². The summed E-state index contributed by atoms with van der Waals surface area (Å²) in [6.07, 6.45) is 4.94. The van der Waals surface area contributed by atoms with E-state index in [9.17, 15) is 9.90 Å². The number of nitrogens with one attached hydrogen (secondary N) is 1. The predicted molar refractivity (Wildman–Crippen MR) is 143 cm³/mol. The minimum atomic E-state index is -1.30. The van der Waals surface area contributed by atoms with Crippen LogP contribution in [0.4, 0.5) is 5.95 Å². The van der Waals surface area contributed by atoms with E-state index >= 15 is 0 Å². The zero-order valence-corrected chi connectivity index (χ0v) is 22.0. The Kier molecular flexibility index (Phi) is 5.61. The number of aromatic amines is 1. The van der Waals surface area contributed by atoms with E-state index in [1.165, 1.54) is 11.8 Å². The van der Waals surface area contributed by atoms with Crippen LogP contribution in [0.3, 0.4) is 0 Å². The van der Waals surface area contributed by atoms with Gasteiger partial charge in [-0.3, -0.25) is 9.69 Å². The highest BCUT2D eigenvalue weighted by molar-refractivity contribution is 6.12. The number of likely N-dealkylation sites (tertiary alicyclic amines) is 1. The number of carbonyl (C=O) groups excluding carboxylic acids is 1. The van der Waals surface area contributed by atoms with Gasteiger partial charge in [-0.15, -0.1) is 0 Å². The van der Waals surface area contributed by atoms with Crippen molar-refractivity contribution in [1.82, 2.24) is 49.8 Å². The van der Waals surface area contributed by atoms with Gasteiger partial charge in [-0.25, -0.2) is 14.6 Å². The monoisotopic (exact) mass is 541 g/mol. The number of hydrogen-bond acceptors (Lipinski definition) is 11. The maximum Gasteiger partial charge on any atom is 0.250 e. The van der Waals surface area contributed by atoms with Gasteiger partial charge in [0.25, 0.3) is 5.95 Å². The van der Waals surface area contributed by atoms with E-state index < -0.39 is 12.0 Å². The van der Waals surface area contributed by atoms with Crippen molar-refractivity contribution >= 4 is 22.6 Å². The third-order valence-electron chi connectivity index (χ3n) is 7.89. The fraction of sp³-hybridized carbons (Fsp3) is 0.346. The molecule has 4 aromatic heterocycles. The normalized spacial score (nSPS) is 17.4. The summed E-state index contributed by atoms with van der Waals surface area (Å²) in [6.45, 7) is 3.73. The summed E-state index contributed by atoms with van der Waals surface area (Å²) in [5.41, 5.74) is 1.72. The van der Waals surface area contributed by atoms with Crippen molar-refractivity contribution in [2.45, 2.75) is 31.5 Å². The third kappa shape index (κ3) is 3.83. The molecule has 2 aliphatic heterocycles. The fourth-order valence-corrected chi connectivity index (χ4v) is 5.62. The number of aliphatic hydroxyl groups is 1. The Morgan fingerprint density at radius 2 is 1.98 bits per heavy atom. The molecule has 2 fully saturated rings. The standard InChI is InChI=1S/C26H27N11O3/c1-16-29-15-36(31-16)23-21-20(19(40-2)13-28-23)18(12-27-21)22(38)24(39)34-10-8-26(9-11-34)14-35(26)25-30-32-33-37(25)17-6-4-3-5-7-17/h3-7,12-13,15,24,27,39H,8-11,14H2,1-2H3. The summed E-state index contributed by atoms with van der Waals surface area (Å²) in [5, 5.41) is 28.4. The van der Waals surface area contributed by atoms with Crippen molar-refractivity contribution < 1.29 is 14.6 Å². The number of H-pyrrole nitrogens is 1. The first-order valence-electron chi connectivity index (χ1n) is 13.0. The number of hydrogen-bond donors (Lipinski definition) is 2. The molecule has 2 saturated heterocycles. The summed E-state index contributed by atoms with van der Waals surface area (Å²) in [5.74, 6) is 1.80. The number of pyridine rings is 1. The summed E-state index contributed by atoms with van der Waals surface area (Å²) < 4.78 is 8.81. The Hall–Kier alpha value is -4.69. The molecule has 0 saturated carbocycles. The first-order valence-corrected chi connectivity index (χ1v) is 13.0. The van der Waals surface area contributed by atoms with Crippen molar-refractivity contribution in [2.75, 3.05) is 31.6 Å². The largest absolute Gasteiger partial charge is 0.494 e. The number of benzene rings is 1. The fourth-order valence-electron chi connectivity index (χ4n) is 5.62. The molecule has 2 N–H and O–H groups in total. The number of piperidine rings is 1. The molecule has 1 unspecified atom stereocenters. The van der Waals surface area contributed by atoms with Crippen molar-refractivity contribution in [1.29, 1.82) is 0 Å². The van der Waals surface area contributed by atoms with Gasteiger partial charge in [0.15, 0.2) is 12.0 Å². The number of aromatic nitrogens is 9. The summed E-state index contributed by atoms with van der Waals surface area (Å²) in [6, 6.07) is 9.78. The van der Waals surface area contributed by atoms with Crippen molar-refractivity contribution in [3.63, 3.8) is 0 Å². The van der Waals surface area contributed by atoms with Gasteiger partial charge in [0, 0.05) is 25.8 Å². The van der Waals surface area contributed by atoms with Crippen LogP contribution >= 0.6 is 0 Å². The van der Waals surface area contributed by atoms with Crippen molar-refractivity contribution in [2.24, 2.45) is 0 Å². The molecule has 14 heteroatoms. The van der Waals surface area contributed by atoms with Gasteiger partial charge in [0.2, 0.25) is 5.78 Å². The number of carbonyl (C=O) groups is 1. The smallest absolute Gasteiger partial charge is 0.250 e. The van der Waals surface area contributed by atoms with Crippen LogP contribution in [0.15, 0.2) is 49.1 Å². The van der Waals surface area contributed by atoms with Gasteiger partial charge >= 0.3 is 0 Å². The first-order chi connectivity index (χ1) is 19.5. The molecule has 204 valence electrons. The molecule has 5 aromatic rings. The number of ether oxygens (including phenoxy) is 1. The lowest BCUT2D eigenvalue weighted by molar-refractivity contribution is -0.000932. The van der Waals surface area contributed by atoms with Gasteiger partial charge in [-0.2, -0.15) is 9.78 Å². The summed E-state index contributed by atoms with van der Waals surface area (Å²) >= 11 is 0. The summed E-state index contributed by atoms with van der Waals surface area (Å²) in [7, 11) is 1.52. The van der Waals surface area contributed by atoms with Crippen molar-refractivity contribution in [3.05, 3.63) is 60.4 Å². The highest BCUT2D eigenvalue weighted by Crippen LogP contribution is 2.45. The second kappa shape index (κ2) is 9.20. The molecule has 0 radical (unpaired) electrons. The lowest BCUT2D eigenvalue weighted by atomic mass is 9.95. The van der Waals surface area contributed by atoms with Crippen LogP contribution in [0.2, 0.25) is 0 Å². The molecule has 6 heterocycles. The Balaban J connectivity index is 1.09. The third-order valence-corrected chi connectivity index (χ3v) is 7.89. The highest BCUT2D eigenvalue weighted by Gasteiger charge is 2.56. The number of tetrazole rings is 1. The van der Waals surface area contributed by atoms with Crippen LogP contribution in [-0.4, -0.2) is 99.2 Å². The second-order valence-corrected chi connectivity index (χ2v) is 10.1. The molecule has 0 aliphatic carbocycles. The Morgan fingerprint density at radius 1 is 1.18 bits per heavy atom. The number of ketones is 1. The molecule has 0 amide bonds. The average Bonchev–Trinajstić information content (AvgIpc) is 3.44. The number of aliphatic hydroxyl groups excluding tert-OH is 1. The Bertz CT molecular complexity index is 1700. The number of methoxy groups -OCH3 is 1. The second-order valence-electron chi connectivity index (χ2n) is 10.1. The average molecular weight is 542 g/mol. The van der Waals surface area contributed by atoms with E-state index in [4.69, 9.17) is 4.74 Å². The Labute approximate surface area is 228 Å². The molecular weight excluding hydrogens is 514 g/mol. The minimum absolute atomic E-state index is 0.0823. The lowest BCUT2D eigenvalue weighted by Gasteiger charge is -2.34. The molecule has 2 aliphatic rings. The van der Waals surface area contributed by atoms with E-state index in [0.29, 0.717) is 52.9 Å². The van der Waals surface area contributed by atoms with E-state index in [-0.39, 0.29) is 5.54 Å². The molecule has 40 heavy (non-hydrogen) atoms. The van der Waals surface area contributed by atoms with Gasteiger partial charge in [0.05, 0.1) is 41.0 Å². The molecule has 1 atom stereocenters. The van der Waals surface area contributed by atoms with Crippen LogP contribution in [0, 0.1) is 6.92 Å². The lowest BCUT2D eigenvalue weighted by Crippen LogP contribution is -2.48. The number of nitrogens with zero attached hydrogens (tertiary/aromatic N) is 10. The molecular formula is C26H27N11O3. The number of para-hydroxylation sites is 1. The molecule has 1 spiro atoms. The molecule has 14 nitrogen and oxygen atoms in total. The van der Waals surface area contributed by atoms with E-state index in [1.807, 2.05) is 35.2 Å².